The van der Waals surface area contributed by atoms with E-state index in [1.54, 1.807) is 6.26 Å². The molecule has 0 aliphatic carbocycles. The lowest BCUT2D eigenvalue weighted by Gasteiger charge is -1.93. The van der Waals surface area contributed by atoms with Crippen LogP contribution in [-0.4, -0.2) is 5.16 Å². The monoisotopic (exact) mass is 147 g/mol. The van der Waals surface area contributed by atoms with Crippen LogP contribution in [0.1, 0.15) is 12.5 Å². The van der Waals surface area contributed by atoms with Crippen molar-refractivity contribution in [3.8, 4) is 0 Å². The molecule has 56 valence electrons. The van der Waals surface area contributed by atoms with E-state index in [1.807, 2.05) is 12.1 Å². The molecule has 2 heteroatoms. The number of aromatic nitrogens is 1. The number of nitrogens with zero attached hydrogens (tertiary/aromatic N) is 1. The van der Waals surface area contributed by atoms with E-state index in [1.165, 1.54) is 5.56 Å². The van der Waals surface area contributed by atoms with Crippen LogP contribution in [0.3, 0.4) is 0 Å². The topological polar surface area (TPSA) is 26.0 Å². The maximum Gasteiger partial charge on any atom is 0.131 e. The van der Waals surface area contributed by atoms with E-state index < -0.39 is 0 Å². The van der Waals surface area contributed by atoms with Crippen molar-refractivity contribution in [2.24, 2.45) is 0 Å². The number of aryl methyl sites for hydroxylation is 1. The molecule has 1 aromatic heterocycles. The third kappa shape index (κ3) is 0.909. The maximum absolute atomic E-state index is 4.86. The van der Waals surface area contributed by atoms with Gasteiger partial charge in [0.2, 0.25) is 0 Å². The minimum absolute atomic E-state index is 0.995. The number of hydrogen-bond donors (Lipinski definition) is 0. The number of rotatable bonds is 1. The Balaban J connectivity index is 2.79. The molecule has 1 aromatic carbocycles. The summed E-state index contributed by atoms with van der Waals surface area (Å²) < 4.78 is 4.86. The molecule has 11 heavy (non-hydrogen) atoms. The molecule has 0 fully saturated rings. The minimum Gasteiger partial charge on any atom is -0.363 e. The van der Waals surface area contributed by atoms with E-state index in [0.29, 0.717) is 0 Å². The van der Waals surface area contributed by atoms with Crippen LogP contribution in [0.5, 0.6) is 0 Å². The molecule has 0 N–H and O–H groups in total. The lowest BCUT2D eigenvalue weighted by atomic mass is 10.1. The van der Waals surface area contributed by atoms with E-state index in [9.17, 15) is 0 Å². The Morgan fingerprint density at radius 1 is 1.45 bits per heavy atom. The summed E-state index contributed by atoms with van der Waals surface area (Å²) in [6.45, 7) is 2.11. The van der Waals surface area contributed by atoms with E-state index >= 15 is 0 Å². The summed E-state index contributed by atoms with van der Waals surface area (Å²) in [5.41, 5.74) is 2.24. The third-order valence-electron chi connectivity index (χ3n) is 1.86. The minimum atomic E-state index is 0.995. The van der Waals surface area contributed by atoms with Gasteiger partial charge < -0.3 is 4.52 Å². The molecule has 0 aliphatic heterocycles. The molecule has 2 rings (SSSR count). The molecule has 0 atom stereocenters. The zero-order valence-corrected chi connectivity index (χ0v) is 6.37. The third-order valence-corrected chi connectivity index (χ3v) is 1.86. The smallest absolute Gasteiger partial charge is 0.131 e. The van der Waals surface area contributed by atoms with Crippen LogP contribution >= 0.6 is 0 Å². The number of benzene rings is 1. The Morgan fingerprint density at radius 3 is 3.18 bits per heavy atom. The molecule has 0 radical (unpaired) electrons. The summed E-state index contributed by atoms with van der Waals surface area (Å²) in [6, 6.07) is 6.11. The van der Waals surface area contributed by atoms with Crippen molar-refractivity contribution in [1.82, 2.24) is 5.16 Å². The molecule has 1 heterocycles. The van der Waals surface area contributed by atoms with E-state index in [0.717, 1.165) is 17.3 Å². The fourth-order valence-electron chi connectivity index (χ4n) is 1.24. The zero-order chi connectivity index (χ0) is 7.68. The molecule has 0 unspecified atom stereocenters. The van der Waals surface area contributed by atoms with Crippen LogP contribution in [0.15, 0.2) is 29.0 Å². The van der Waals surface area contributed by atoms with Crippen LogP contribution in [0, 0.1) is 0 Å². The Morgan fingerprint density at radius 2 is 2.36 bits per heavy atom. The highest BCUT2D eigenvalue weighted by atomic mass is 16.5. The molecule has 2 aromatic rings. The average Bonchev–Trinajstić information content (AvgIpc) is 2.50. The first-order valence-electron chi connectivity index (χ1n) is 3.74. The first kappa shape index (κ1) is 6.40. The Hall–Kier alpha value is -1.31. The molecular formula is C9H9NO. The molecular weight excluding hydrogens is 138 g/mol. The van der Waals surface area contributed by atoms with Crippen molar-refractivity contribution < 1.29 is 4.52 Å². The Kier molecular flexibility index (Phi) is 1.39. The Bertz CT molecular complexity index is 364. The highest BCUT2D eigenvalue weighted by Crippen LogP contribution is 2.16. The summed E-state index contributed by atoms with van der Waals surface area (Å²) in [5.74, 6) is 0. The predicted octanol–water partition coefficient (Wildman–Crippen LogP) is 2.39. The predicted molar refractivity (Wildman–Crippen MR) is 43.4 cm³/mol. The van der Waals surface area contributed by atoms with E-state index in [4.69, 9.17) is 4.52 Å². The SMILES string of the molecule is CCc1cccc2conc12. The fourth-order valence-corrected chi connectivity index (χ4v) is 1.24. The lowest BCUT2D eigenvalue weighted by Crippen LogP contribution is -1.80. The second-order valence-electron chi connectivity index (χ2n) is 2.52. The van der Waals surface area contributed by atoms with Gasteiger partial charge in [0, 0.05) is 5.39 Å². The van der Waals surface area contributed by atoms with Crippen LogP contribution in [0.2, 0.25) is 0 Å². The van der Waals surface area contributed by atoms with Crippen molar-refractivity contribution in [3.63, 3.8) is 0 Å². The van der Waals surface area contributed by atoms with Gasteiger partial charge in [-0.3, -0.25) is 0 Å². The van der Waals surface area contributed by atoms with Crippen molar-refractivity contribution in [2.75, 3.05) is 0 Å². The Labute approximate surface area is 64.8 Å². The van der Waals surface area contributed by atoms with Gasteiger partial charge in [-0.1, -0.05) is 24.2 Å². The second-order valence-corrected chi connectivity index (χ2v) is 2.52. The van der Waals surface area contributed by atoms with E-state index in [2.05, 4.69) is 18.1 Å². The summed E-state index contributed by atoms with van der Waals surface area (Å²) >= 11 is 0. The average molecular weight is 147 g/mol. The van der Waals surface area contributed by atoms with Crippen molar-refractivity contribution in [1.29, 1.82) is 0 Å². The largest absolute Gasteiger partial charge is 0.363 e. The number of hydrogen-bond acceptors (Lipinski definition) is 2. The molecule has 0 bridgehead atoms. The maximum atomic E-state index is 4.86. The summed E-state index contributed by atoms with van der Waals surface area (Å²) in [6.07, 6.45) is 2.68. The second kappa shape index (κ2) is 2.38. The normalized spacial score (nSPS) is 10.6. The van der Waals surface area contributed by atoms with E-state index in [-0.39, 0.29) is 0 Å². The molecule has 0 saturated heterocycles. The molecule has 0 spiro atoms. The van der Waals surface area contributed by atoms with Gasteiger partial charge in [0.25, 0.3) is 0 Å². The van der Waals surface area contributed by atoms with Gasteiger partial charge in [-0.25, -0.2) is 0 Å². The van der Waals surface area contributed by atoms with Crippen molar-refractivity contribution >= 4 is 10.9 Å². The van der Waals surface area contributed by atoms with Gasteiger partial charge >= 0.3 is 0 Å². The van der Waals surface area contributed by atoms with Gasteiger partial charge in [0.15, 0.2) is 0 Å². The van der Waals surface area contributed by atoms with Crippen LogP contribution in [0.4, 0.5) is 0 Å². The van der Waals surface area contributed by atoms with Gasteiger partial charge in [-0.2, -0.15) is 0 Å². The molecule has 0 aliphatic rings. The van der Waals surface area contributed by atoms with Gasteiger partial charge in [-0.15, -0.1) is 0 Å². The summed E-state index contributed by atoms with van der Waals surface area (Å²) in [7, 11) is 0. The van der Waals surface area contributed by atoms with Crippen LogP contribution in [-0.2, 0) is 6.42 Å². The standard InChI is InChI=1S/C9H9NO/c1-2-7-4-3-5-8-6-11-10-9(7)8/h3-6H,2H2,1H3. The molecule has 0 amide bonds. The van der Waals surface area contributed by atoms with Gasteiger partial charge in [-0.05, 0) is 18.1 Å². The lowest BCUT2D eigenvalue weighted by molar-refractivity contribution is 0.428. The highest BCUT2D eigenvalue weighted by molar-refractivity contribution is 5.80. The molecule has 0 saturated carbocycles. The van der Waals surface area contributed by atoms with Gasteiger partial charge in [0.05, 0.1) is 0 Å². The first-order valence-corrected chi connectivity index (χ1v) is 3.74. The fraction of sp³-hybridized carbons (Fsp3) is 0.222. The summed E-state index contributed by atoms with van der Waals surface area (Å²) in [5, 5.41) is 5.00. The van der Waals surface area contributed by atoms with Crippen LogP contribution in [0.25, 0.3) is 10.9 Å². The summed E-state index contributed by atoms with van der Waals surface area (Å²) in [4.78, 5) is 0. The number of fused-ring (bicyclic) bond motifs is 1. The molecule has 2 nitrogen and oxygen atoms in total. The quantitative estimate of drug-likeness (QED) is 0.619. The first-order chi connectivity index (χ1) is 5.42. The zero-order valence-electron chi connectivity index (χ0n) is 6.37. The highest BCUT2D eigenvalue weighted by Gasteiger charge is 2.00. The van der Waals surface area contributed by atoms with Crippen molar-refractivity contribution in [2.45, 2.75) is 13.3 Å². The van der Waals surface area contributed by atoms with Crippen molar-refractivity contribution in [3.05, 3.63) is 30.0 Å². The van der Waals surface area contributed by atoms with Crippen LogP contribution < -0.4 is 0 Å². The van der Waals surface area contributed by atoms with Gasteiger partial charge in [0.1, 0.15) is 11.8 Å².